The highest BCUT2D eigenvalue weighted by Gasteiger charge is 2.29. The highest BCUT2D eigenvalue weighted by molar-refractivity contribution is 7.88. The molecular weight excluding hydrogens is 314 g/mol. The van der Waals surface area contributed by atoms with E-state index in [1.54, 1.807) is 0 Å². The molecule has 0 aromatic heterocycles. The number of sulfonamides is 1. The molecule has 2 atom stereocenters. The van der Waals surface area contributed by atoms with Crippen LogP contribution in [0.3, 0.4) is 0 Å². The largest absolute Gasteiger partial charge is 0.354 e. The second-order valence-electron chi connectivity index (χ2n) is 7.27. The molecule has 1 N–H and O–H groups in total. The second-order valence-corrected chi connectivity index (χ2v) is 9.26. The van der Waals surface area contributed by atoms with E-state index in [1.807, 2.05) is 0 Å². The molecule has 2 saturated heterocycles. The van der Waals surface area contributed by atoms with Crippen molar-refractivity contribution in [3.8, 4) is 0 Å². The van der Waals surface area contributed by atoms with Crippen molar-refractivity contribution in [1.29, 1.82) is 0 Å². The minimum atomic E-state index is -3.13. The molecule has 6 nitrogen and oxygen atoms in total. The number of rotatable bonds is 5. The van der Waals surface area contributed by atoms with Gasteiger partial charge in [0.05, 0.1) is 6.26 Å². The predicted molar refractivity (Wildman–Crippen MR) is 91.6 cm³/mol. The van der Waals surface area contributed by atoms with E-state index in [4.69, 9.17) is 0 Å². The average molecular weight is 346 g/mol. The Bertz CT molecular complexity index is 501. The van der Waals surface area contributed by atoms with Crippen molar-refractivity contribution in [2.45, 2.75) is 45.6 Å². The molecule has 134 valence electrons. The molecule has 0 aliphatic carbocycles. The lowest BCUT2D eigenvalue weighted by molar-refractivity contribution is -0.126. The van der Waals surface area contributed by atoms with Crippen molar-refractivity contribution < 1.29 is 13.2 Å². The van der Waals surface area contributed by atoms with Gasteiger partial charge in [-0.05, 0) is 45.1 Å². The molecule has 0 bridgehead atoms. The minimum absolute atomic E-state index is 0.0551. The summed E-state index contributed by atoms with van der Waals surface area (Å²) in [6.45, 7) is 8.28. The third kappa shape index (κ3) is 5.43. The summed E-state index contributed by atoms with van der Waals surface area (Å²) in [5.74, 6) is 0.762. The van der Waals surface area contributed by atoms with Gasteiger partial charge in [0, 0.05) is 38.1 Å². The van der Waals surface area contributed by atoms with Crippen LogP contribution < -0.4 is 5.32 Å². The lowest BCUT2D eigenvalue weighted by atomic mass is 9.97. The number of hydrogen-bond acceptors (Lipinski definition) is 4. The minimum Gasteiger partial charge on any atom is -0.354 e. The first-order valence-electron chi connectivity index (χ1n) is 8.74. The highest BCUT2D eigenvalue weighted by atomic mass is 32.2. The first-order chi connectivity index (χ1) is 10.8. The van der Waals surface area contributed by atoms with Crippen LogP contribution in [0.4, 0.5) is 0 Å². The van der Waals surface area contributed by atoms with E-state index in [0.29, 0.717) is 38.5 Å². The number of amides is 1. The van der Waals surface area contributed by atoms with E-state index in [-0.39, 0.29) is 11.8 Å². The zero-order chi connectivity index (χ0) is 17.0. The smallest absolute Gasteiger partial charge is 0.223 e. The monoisotopic (exact) mass is 345 g/mol. The highest BCUT2D eigenvalue weighted by Crippen LogP contribution is 2.20. The summed E-state index contributed by atoms with van der Waals surface area (Å²) in [6, 6.07) is 0.359. The molecule has 2 rings (SSSR count). The summed E-state index contributed by atoms with van der Waals surface area (Å²) < 4.78 is 24.5. The van der Waals surface area contributed by atoms with Gasteiger partial charge >= 0.3 is 0 Å². The van der Waals surface area contributed by atoms with Crippen LogP contribution in [0, 0.1) is 11.8 Å². The molecule has 2 heterocycles. The van der Waals surface area contributed by atoms with E-state index in [9.17, 15) is 13.2 Å². The van der Waals surface area contributed by atoms with Crippen LogP contribution in [0.2, 0.25) is 0 Å². The molecule has 0 unspecified atom stereocenters. The number of likely N-dealkylation sites (tertiary alicyclic amines) is 1. The Hall–Kier alpha value is -0.660. The molecule has 2 fully saturated rings. The first-order valence-corrected chi connectivity index (χ1v) is 10.6. The zero-order valence-corrected chi connectivity index (χ0v) is 15.4. The number of nitrogens with zero attached hydrogens (tertiary/aromatic N) is 2. The third-order valence-corrected chi connectivity index (χ3v) is 6.48. The lowest BCUT2D eigenvalue weighted by Crippen LogP contribution is -2.48. The predicted octanol–water partition coefficient (Wildman–Crippen LogP) is 0.895. The Morgan fingerprint density at radius 3 is 2.43 bits per heavy atom. The Balaban J connectivity index is 1.73. The fraction of sp³-hybridized carbons (Fsp3) is 0.938. The molecule has 0 spiro atoms. The Morgan fingerprint density at radius 1 is 1.22 bits per heavy atom. The molecule has 1 amide bonds. The van der Waals surface area contributed by atoms with Crippen molar-refractivity contribution in [3.63, 3.8) is 0 Å². The molecule has 23 heavy (non-hydrogen) atoms. The van der Waals surface area contributed by atoms with Crippen LogP contribution in [0.1, 0.15) is 39.5 Å². The van der Waals surface area contributed by atoms with Gasteiger partial charge in [-0.2, -0.15) is 0 Å². The zero-order valence-electron chi connectivity index (χ0n) is 14.6. The van der Waals surface area contributed by atoms with Gasteiger partial charge in [0.1, 0.15) is 0 Å². The summed E-state index contributed by atoms with van der Waals surface area (Å²) in [7, 11) is -3.13. The van der Waals surface area contributed by atoms with Gasteiger partial charge in [-0.1, -0.05) is 6.92 Å². The molecule has 0 aromatic rings. The summed E-state index contributed by atoms with van der Waals surface area (Å²) in [4.78, 5) is 14.8. The van der Waals surface area contributed by atoms with Gasteiger partial charge in [0.2, 0.25) is 15.9 Å². The SMILES string of the molecule is C[C@H]1CCCN([C@@H](C)CNC(=O)C2CCN(S(C)(=O)=O)CC2)C1. The second kappa shape index (κ2) is 7.94. The summed E-state index contributed by atoms with van der Waals surface area (Å²) in [5, 5.41) is 3.07. The first kappa shape index (κ1) is 18.7. The quantitative estimate of drug-likeness (QED) is 0.804. The summed E-state index contributed by atoms with van der Waals surface area (Å²) >= 11 is 0. The number of nitrogens with one attached hydrogen (secondary N) is 1. The van der Waals surface area contributed by atoms with Gasteiger partial charge in [0.15, 0.2) is 0 Å². The number of carbonyl (C=O) groups is 1. The Morgan fingerprint density at radius 2 is 1.87 bits per heavy atom. The van der Waals surface area contributed by atoms with Crippen molar-refractivity contribution in [3.05, 3.63) is 0 Å². The Labute approximate surface area is 140 Å². The molecule has 0 aromatic carbocycles. The van der Waals surface area contributed by atoms with E-state index in [0.717, 1.165) is 19.0 Å². The summed E-state index contributed by atoms with van der Waals surface area (Å²) in [5.41, 5.74) is 0. The normalized spacial score (nSPS) is 26.8. The fourth-order valence-corrected chi connectivity index (χ4v) is 4.47. The maximum Gasteiger partial charge on any atom is 0.223 e. The van der Waals surface area contributed by atoms with Crippen molar-refractivity contribution >= 4 is 15.9 Å². The van der Waals surface area contributed by atoms with Crippen LogP contribution in [-0.4, -0.2) is 68.6 Å². The van der Waals surface area contributed by atoms with E-state index < -0.39 is 10.0 Å². The average Bonchev–Trinajstić information content (AvgIpc) is 2.51. The molecule has 0 saturated carbocycles. The van der Waals surface area contributed by atoms with Crippen LogP contribution in [0.15, 0.2) is 0 Å². The van der Waals surface area contributed by atoms with Gasteiger partial charge < -0.3 is 5.32 Å². The van der Waals surface area contributed by atoms with E-state index >= 15 is 0 Å². The standard InChI is InChI=1S/C16H31N3O3S/c1-13-5-4-8-18(12-13)14(2)11-17-16(20)15-6-9-19(10-7-15)23(3,21)22/h13-15H,4-12H2,1-3H3,(H,17,20)/t13-,14-/m0/s1. The van der Waals surface area contributed by atoms with Gasteiger partial charge in [-0.3, -0.25) is 9.69 Å². The number of hydrogen-bond donors (Lipinski definition) is 1. The van der Waals surface area contributed by atoms with Crippen molar-refractivity contribution in [2.24, 2.45) is 11.8 Å². The summed E-state index contributed by atoms with van der Waals surface area (Å²) in [6.07, 6.45) is 5.01. The van der Waals surface area contributed by atoms with Crippen LogP contribution >= 0.6 is 0 Å². The molecule has 7 heteroatoms. The van der Waals surface area contributed by atoms with Crippen LogP contribution in [0.25, 0.3) is 0 Å². The van der Waals surface area contributed by atoms with Gasteiger partial charge in [-0.25, -0.2) is 12.7 Å². The maximum absolute atomic E-state index is 12.3. The molecule has 2 aliphatic rings. The Kier molecular flexibility index (Phi) is 6.45. The van der Waals surface area contributed by atoms with Crippen molar-refractivity contribution in [1.82, 2.24) is 14.5 Å². The maximum atomic E-state index is 12.3. The number of piperidine rings is 2. The molecular formula is C16H31N3O3S. The van der Waals surface area contributed by atoms with Crippen molar-refractivity contribution in [2.75, 3.05) is 39.0 Å². The van der Waals surface area contributed by atoms with E-state index in [1.165, 1.54) is 23.4 Å². The third-order valence-electron chi connectivity index (χ3n) is 5.18. The topological polar surface area (TPSA) is 69.7 Å². The van der Waals surface area contributed by atoms with Crippen LogP contribution in [-0.2, 0) is 14.8 Å². The molecule has 2 aliphatic heterocycles. The van der Waals surface area contributed by atoms with E-state index in [2.05, 4.69) is 24.1 Å². The van der Waals surface area contributed by atoms with Gasteiger partial charge in [0.25, 0.3) is 0 Å². The fourth-order valence-electron chi connectivity index (χ4n) is 3.60. The number of carbonyl (C=O) groups excluding carboxylic acids is 1. The lowest BCUT2D eigenvalue weighted by Gasteiger charge is -2.36. The van der Waals surface area contributed by atoms with Gasteiger partial charge in [-0.15, -0.1) is 0 Å². The molecule has 0 radical (unpaired) electrons. The van der Waals surface area contributed by atoms with Crippen LogP contribution in [0.5, 0.6) is 0 Å².